The summed E-state index contributed by atoms with van der Waals surface area (Å²) in [4.78, 5) is 65.9. The number of imidazole rings is 2. The first-order valence-electron chi connectivity index (χ1n) is 37.4. The second kappa shape index (κ2) is 26.9. The number of pyridine rings is 4. The van der Waals surface area contributed by atoms with Crippen molar-refractivity contribution in [3.8, 4) is 22.5 Å². The van der Waals surface area contributed by atoms with Gasteiger partial charge >= 0.3 is 0 Å². The highest BCUT2D eigenvalue weighted by atomic mass is 35.5. The van der Waals surface area contributed by atoms with Crippen molar-refractivity contribution in [3.05, 3.63) is 118 Å². The molecule has 4 aliphatic heterocycles. The average molecular weight is 1490 g/mol. The van der Waals surface area contributed by atoms with Crippen LogP contribution in [0.1, 0.15) is 209 Å². The number of alkyl halides is 4. The van der Waals surface area contributed by atoms with Gasteiger partial charge in [-0.2, -0.15) is 0 Å². The molecular formula is C79H93ClF8N16O2. The van der Waals surface area contributed by atoms with E-state index < -0.39 is 75.3 Å². The van der Waals surface area contributed by atoms with E-state index in [1.807, 2.05) is 55.2 Å². The predicted octanol–water partition coefficient (Wildman–Crippen LogP) is 17.2. The Kier molecular flexibility index (Phi) is 18.6. The number of piperidine rings is 2. The van der Waals surface area contributed by atoms with Gasteiger partial charge in [-0.1, -0.05) is 52.1 Å². The number of carbonyl (C=O) groups excluding carboxylic acids is 2. The molecule has 0 spiro atoms. The van der Waals surface area contributed by atoms with Gasteiger partial charge in [0.1, 0.15) is 22.1 Å². The highest BCUT2D eigenvalue weighted by Crippen LogP contribution is 2.53. The minimum atomic E-state index is -2.81. The third kappa shape index (κ3) is 12.9. The van der Waals surface area contributed by atoms with E-state index in [9.17, 15) is 27.2 Å². The number of likely N-dealkylation sites (tertiary alicyclic amines) is 2. The van der Waals surface area contributed by atoms with E-state index >= 15 is 17.6 Å². The number of hydrogen-bond acceptors (Lipinski definition) is 14. The second-order valence-corrected chi connectivity index (χ2v) is 33.9. The molecule has 4 saturated carbocycles. The number of nitrogens with zero attached hydrogens (tertiary/aromatic N) is 12. The molecule has 8 aromatic rings. The maximum atomic E-state index is 15.7. The molecule has 2 saturated heterocycles. The van der Waals surface area contributed by atoms with Crippen LogP contribution in [0, 0.1) is 30.2 Å². The van der Waals surface area contributed by atoms with E-state index in [0.29, 0.717) is 45.5 Å². The molecule has 10 heterocycles. The highest BCUT2D eigenvalue weighted by Gasteiger charge is 2.56. The lowest BCUT2D eigenvalue weighted by Gasteiger charge is -2.56. The first-order valence-corrected chi connectivity index (χ1v) is 37.8. The van der Waals surface area contributed by atoms with Crippen LogP contribution in [-0.2, 0) is 10.8 Å². The van der Waals surface area contributed by atoms with Crippen LogP contribution in [0.3, 0.4) is 0 Å². The van der Waals surface area contributed by atoms with E-state index in [0.717, 1.165) is 97.9 Å². The number of aromatic nitrogens is 8. The van der Waals surface area contributed by atoms with Gasteiger partial charge in [0.2, 0.25) is 0 Å². The zero-order valence-electron chi connectivity index (χ0n) is 62.0. The molecule has 6 aromatic heterocycles. The zero-order chi connectivity index (χ0) is 75.2. The van der Waals surface area contributed by atoms with Gasteiger partial charge in [0, 0.05) is 93.8 Å². The van der Waals surface area contributed by atoms with Crippen LogP contribution >= 0.6 is 11.6 Å². The summed E-state index contributed by atoms with van der Waals surface area (Å²) >= 11 is 6.08. The van der Waals surface area contributed by atoms with Gasteiger partial charge in [0.15, 0.2) is 34.9 Å². The molecule has 564 valence electrons. The first-order chi connectivity index (χ1) is 50.2. The highest BCUT2D eigenvalue weighted by molar-refractivity contribution is 6.34. The normalized spacial score (nSPS) is 23.4. The van der Waals surface area contributed by atoms with Crippen LogP contribution in [-0.4, -0.2) is 147 Å². The van der Waals surface area contributed by atoms with E-state index in [1.165, 1.54) is 58.5 Å². The van der Waals surface area contributed by atoms with Crippen molar-refractivity contribution in [2.45, 2.75) is 236 Å². The molecule has 2 amide bonds. The Hall–Kier alpha value is -8.23. The van der Waals surface area contributed by atoms with Crippen LogP contribution in [0.2, 0.25) is 5.02 Å². The topological polar surface area (TPSA) is 182 Å². The Balaban J connectivity index is 0.000000170. The van der Waals surface area contributed by atoms with E-state index in [4.69, 9.17) is 31.5 Å². The van der Waals surface area contributed by atoms with Gasteiger partial charge in [0.25, 0.3) is 24.7 Å². The fourth-order valence-electron chi connectivity index (χ4n) is 17.4. The number of hydrogen-bond donors (Lipinski definition) is 4. The quantitative estimate of drug-likeness (QED) is 0.0470. The van der Waals surface area contributed by atoms with Crippen LogP contribution in [0.4, 0.5) is 69.5 Å². The molecule has 4 aliphatic carbocycles. The predicted molar refractivity (Wildman–Crippen MR) is 397 cm³/mol. The van der Waals surface area contributed by atoms with Gasteiger partial charge < -0.3 is 40.2 Å². The first kappa shape index (κ1) is 73.3. The monoisotopic (exact) mass is 1480 g/mol. The third-order valence-corrected chi connectivity index (χ3v) is 24.5. The summed E-state index contributed by atoms with van der Waals surface area (Å²) in [7, 11) is 0. The number of nitrogens with one attached hydrogen (secondary N) is 4. The Bertz CT molecular complexity index is 4500. The molecule has 0 unspecified atom stereocenters. The third-order valence-electron chi connectivity index (χ3n) is 24.1. The van der Waals surface area contributed by atoms with Crippen molar-refractivity contribution in [1.29, 1.82) is 0 Å². The number of amides is 2. The molecule has 106 heavy (non-hydrogen) atoms. The van der Waals surface area contributed by atoms with Crippen molar-refractivity contribution in [2.75, 3.05) is 59.7 Å². The van der Waals surface area contributed by atoms with Crippen molar-refractivity contribution in [2.24, 2.45) is 0 Å². The average Bonchev–Trinajstić information content (AvgIpc) is 1.53. The van der Waals surface area contributed by atoms with Gasteiger partial charge in [-0.05, 0) is 188 Å². The molecule has 27 heteroatoms. The van der Waals surface area contributed by atoms with E-state index in [-0.39, 0.29) is 88.1 Å². The molecule has 16 rings (SSSR count). The molecular weight excluding hydrogens is 1390 g/mol. The number of carbonyl (C=O) groups is 2. The van der Waals surface area contributed by atoms with Crippen LogP contribution in [0.5, 0.6) is 0 Å². The molecule has 4 N–H and O–H groups in total. The fraction of sp³-hybridized carbons (Fsp3) is 0.544. The lowest BCUT2D eigenvalue weighted by molar-refractivity contribution is 0.00188. The summed E-state index contributed by atoms with van der Waals surface area (Å²) in [5.74, 6) is -6.82. The smallest absolute Gasteiger partial charge is 0.261 e. The lowest BCUT2D eigenvalue weighted by atomic mass is 9.71. The van der Waals surface area contributed by atoms with Crippen molar-refractivity contribution in [3.63, 3.8) is 0 Å². The SMILES string of the molecule is CC(C)n1cnc2cc(-c3cnc4c(c3)N(C3CC(C)(N5CCCCC5)C3)CC4(C)C)nc(Nc3cc(C(=O)NC4(C(F)F)CC4)c(Cl)c(F)c3F)c21.Cc1c(C(=O)NC2(C(F)F)CC2)cc(Nc2nc(-c3cnc4c(c3)N(C3CC(C)(N5CCCCC5)C3)CC4(C)C)cc3ncn(C(C)C)c23)c(F)c1F. The molecule has 0 bridgehead atoms. The Morgan fingerprint density at radius 2 is 0.906 bits per heavy atom. The van der Waals surface area contributed by atoms with Crippen molar-refractivity contribution >= 4 is 79.9 Å². The van der Waals surface area contributed by atoms with Gasteiger partial charge in [-0.3, -0.25) is 29.4 Å². The number of halogens is 9. The van der Waals surface area contributed by atoms with Crippen LogP contribution in [0.15, 0.2) is 61.4 Å². The zero-order valence-corrected chi connectivity index (χ0v) is 62.7. The van der Waals surface area contributed by atoms with Crippen LogP contribution < -0.4 is 31.1 Å². The summed E-state index contributed by atoms with van der Waals surface area (Å²) in [6.07, 6.45) is 13.8. The summed E-state index contributed by atoms with van der Waals surface area (Å²) in [6, 6.07) is 10.8. The molecule has 8 aliphatic rings. The maximum absolute atomic E-state index is 15.7. The second-order valence-electron chi connectivity index (χ2n) is 33.6. The number of rotatable bonds is 18. The van der Waals surface area contributed by atoms with Gasteiger partial charge in [-0.15, -0.1) is 0 Å². The Morgan fingerprint density at radius 3 is 1.29 bits per heavy atom. The Morgan fingerprint density at radius 1 is 0.519 bits per heavy atom. The molecule has 6 fully saturated rings. The summed E-state index contributed by atoms with van der Waals surface area (Å²) in [5, 5.41) is 9.72. The van der Waals surface area contributed by atoms with Crippen LogP contribution in [0.25, 0.3) is 44.6 Å². The van der Waals surface area contributed by atoms with Gasteiger partial charge in [0.05, 0.1) is 79.8 Å². The van der Waals surface area contributed by atoms with Crippen molar-refractivity contribution < 1.29 is 44.7 Å². The van der Waals surface area contributed by atoms with E-state index in [1.54, 1.807) is 18.9 Å². The largest absolute Gasteiger partial charge is 0.366 e. The van der Waals surface area contributed by atoms with E-state index in [2.05, 4.69) is 105 Å². The van der Waals surface area contributed by atoms with Crippen molar-refractivity contribution in [1.82, 2.24) is 59.5 Å². The number of fused-ring (bicyclic) bond motifs is 4. The summed E-state index contributed by atoms with van der Waals surface area (Å²) < 4.78 is 120. The molecule has 2 aromatic carbocycles. The summed E-state index contributed by atoms with van der Waals surface area (Å²) in [6.45, 7) is 29.2. The molecule has 18 nitrogen and oxygen atoms in total. The molecule has 0 radical (unpaired) electrons. The standard InChI is InChI=1S/C40H48F4N8O.C39H45ClF4N8O/c1-22(2)52-21-46-29-16-27(24-14-30-34(45-19-24)38(4,5)20-51(30)25-17-39(6,18-25)50-12-8-7-9-13-50)47-35(33(29)52)48-28-15-26(23(3)31(41)32(28)42)36(53)49-40(10-11-40)37(43)44;1-21(2)52-20-46-27-15-25(22-13-28-33(45-18-22)37(3,4)19-51(28)23-16-38(5,17-23)50-11-7-6-8-12-50)47-34(32(27)52)48-26-14-24(29(40)31(42)30(26)41)35(53)49-39(9-10-39)36(43)44/h14-16,19,21-22,25,37H,7-13,17-18,20H2,1-6H3,(H,47,48)(H,49,53);13-15,18,20-21,23,36H,6-12,16-17,19H2,1-5H3,(H,47,48)(H,49,53). The fourth-order valence-corrected chi connectivity index (χ4v) is 17.6. The lowest BCUT2D eigenvalue weighted by Crippen LogP contribution is -2.63. The maximum Gasteiger partial charge on any atom is 0.261 e. The number of anilines is 6. The Labute approximate surface area is 617 Å². The minimum absolute atomic E-state index is 0.0474. The molecule has 0 atom stereocenters. The summed E-state index contributed by atoms with van der Waals surface area (Å²) in [5.41, 5.74) is 4.02. The van der Waals surface area contributed by atoms with Gasteiger partial charge in [-0.25, -0.2) is 55.1 Å². The number of benzene rings is 2. The minimum Gasteiger partial charge on any atom is -0.366 e.